The van der Waals surface area contributed by atoms with Gasteiger partial charge in [0.15, 0.2) is 11.6 Å². The van der Waals surface area contributed by atoms with Gasteiger partial charge in [-0.05, 0) is 25.7 Å². The van der Waals surface area contributed by atoms with Crippen LogP contribution in [-0.4, -0.2) is 60.4 Å². The van der Waals surface area contributed by atoms with Crippen LogP contribution in [0.5, 0.6) is 0 Å². The fraction of sp³-hybridized carbons (Fsp3) is 0.833. The molecule has 6 aliphatic rings. The summed E-state index contributed by atoms with van der Waals surface area (Å²) in [5.74, 6) is -0.704. The van der Waals surface area contributed by atoms with Gasteiger partial charge in [0.25, 0.3) is 0 Å². The van der Waals surface area contributed by atoms with Crippen molar-refractivity contribution in [3.05, 3.63) is 23.3 Å². The zero-order valence-corrected chi connectivity index (χ0v) is 18.3. The van der Waals surface area contributed by atoms with E-state index < -0.39 is 0 Å². The predicted molar refractivity (Wildman–Crippen MR) is 111 cm³/mol. The van der Waals surface area contributed by atoms with Gasteiger partial charge < -0.3 is 29.2 Å². The molecule has 0 amide bonds. The number of hydrogen-bond donors (Lipinski definition) is 2. The average Bonchev–Trinajstić information content (AvgIpc) is 3.50. The van der Waals surface area contributed by atoms with Crippen molar-refractivity contribution in [2.24, 2.45) is 10.8 Å². The van der Waals surface area contributed by atoms with E-state index in [1.54, 1.807) is 0 Å². The van der Waals surface area contributed by atoms with Gasteiger partial charge in [0.05, 0.1) is 38.6 Å². The van der Waals surface area contributed by atoms with Crippen LogP contribution in [0.25, 0.3) is 0 Å². The first-order valence-corrected chi connectivity index (χ1v) is 11.6. The Labute approximate surface area is 179 Å². The second-order valence-corrected chi connectivity index (χ2v) is 10.4. The first-order valence-electron chi connectivity index (χ1n) is 11.6. The van der Waals surface area contributed by atoms with E-state index in [-0.39, 0.29) is 34.6 Å². The molecule has 168 valence electrons. The van der Waals surface area contributed by atoms with E-state index in [0.717, 1.165) is 51.4 Å². The van der Waals surface area contributed by atoms with Gasteiger partial charge in [-0.15, -0.1) is 0 Å². The monoisotopic (exact) mass is 420 g/mol. The summed E-state index contributed by atoms with van der Waals surface area (Å²) in [5.41, 5.74) is 2.65. The van der Waals surface area contributed by atoms with Crippen LogP contribution in [-0.2, 0) is 18.9 Å². The average molecular weight is 421 g/mol. The molecule has 2 spiro atoms. The molecule has 6 rings (SSSR count). The second-order valence-electron chi connectivity index (χ2n) is 10.4. The van der Waals surface area contributed by atoms with E-state index in [1.165, 1.54) is 11.1 Å². The third-order valence-corrected chi connectivity index (χ3v) is 8.71. The van der Waals surface area contributed by atoms with Crippen LogP contribution < -0.4 is 0 Å². The van der Waals surface area contributed by atoms with Crippen LogP contribution in [0.2, 0.25) is 0 Å². The van der Waals surface area contributed by atoms with Gasteiger partial charge in [0, 0.05) is 36.5 Å². The first-order chi connectivity index (χ1) is 14.3. The molecule has 0 unspecified atom stereocenters. The molecule has 0 bridgehead atoms. The molecule has 2 saturated carbocycles. The smallest absolute Gasteiger partial charge is 0.172 e. The van der Waals surface area contributed by atoms with Gasteiger partial charge in [0.1, 0.15) is 0 Å². The molecule has 4 atom stereocenters. The van der Waals surface area contributed by atoms with Crippen molar-refractivity contribution in [3.63, 3.8) is 0 Å². The summed E-state index contributed by atoms with van der Waals surface area (Å²) in [6.45, 7) is 7.19. The van der Waals surface area contributed by atoms with Crippen molar-refractivity contribution in [2.75, 3.05) is 26.4 Å². The molecule has 0 aromatic heterocycles. The number of fused-ring (bicyclic) bond motifs is 2. The van der Waals surface area contributed by atoms with E-state index in [0.29, 0.717) is 26.4 Å². The Balaban J connectivity index is 0.000000128. The summed E-state index contributed by atoms with van der Waals surface area (Å²) in [7, 11) is 0. The second kappa shape index (κ2) is 7.39. The molecule has 30 heavy (non-hydrogen) atoms. The lowest BCUT2D eigenvalue weighted by molar-refractivity contribution is -0.180. The minimum absolute atomic E-state index is 0.0133. The molecular formula is C24H36O6. The Bertz CT molecular complexity index is 670. The number of aliphatic hydroxyl groups is 2. The third kappa shape index (κ3) is 3.31. The maximum Gasteiger partial charge on any atom is 0.172 e. The summed E-state index contributed by atoms with van der Waals surface area (Å²) in [5, 5.41) is 20.0. The normalized spacial score (nSPS) is 43.1. The zero-order valence-electron chi connectivity index (χ0n) is 18.3. The highest BCUT2D eigenvalue weighted by atomic mass is 16.7. The molecule has 4 fully saturated rings. The summed E-state index contributed by atoms with van der Waals surface area (Å²) >= 11 is 0. The maximum atomic E-state index is 9.98. The minimum Gasteiger partial charge on any atom is -0.392 e. The van der Waals surface area contributed by atoms with E-state index in [1.807, 2.05) is 0 Å². The molecule has 2 aliphatic heterocycles. The van der Waals surface area contributed by atoms with Crippen LogP contribution in [0, 0.1) is 10.8 Å². The Morgan fingerprint density at radius 2 is 1.03 bits per heavy atom. The van der Waals surface area contributed by atoms with Gasteiger partial charge in [-0.3, -0.25) is 0 Å². The van der Waals surface area contributed by atoms with Crippen molar-refractivity contribution in [1.82, 2.24) is 0 Å². The molecule has 6 heteroatoms. The predicted octanol–water partition coefficient (Wildman–Crippen LogP) is 3.22. The molecule has 6 nitrogen and oxygen atoms in total. The van der Waals surface area contributed by atoms with E-state index in [9.17, 15) is 10.2 Å². The van der Waals surface area contributed by atoms with E-state index >= 15 is 0 Å². The lowest BCUT2D eigenvalue weighted by atomic mass is 9.69. The SMILES string of the molecule is C[C@]12CCC3(CC1=CC[C@@H]2O)OCCO3.C[C@]12CCC3(CC1=CC[C@H]2O)OCCO3. The number of hydrogen-bond acceptors (Lipinski definition) is 6. The Kier molecular flexibility index (Phi) is 5.20. The summed E-state index contributed by atoms with van der Waals surface area (Å²) in [4.78, 5) is 0. The summed E-state index contributed by atoms with van der Waals surface area (Å²) < 4.78 is 22.9. The van der Waals surface area contributed by atoms with Gasteiger partial charge in [0.2, 0.25) is 0 Å². The number of ether oxygens (including phenoxy) is 4. The molecule has 2 N–H and O–H groups in total. The summed E-state index contributed by atoms with van der Waals surface area (Å²) in [6, 6.07) is 0. The highest BCUT2D eigenvalue weighted by Gasteiger charge is 2.52. The van der Waals surface area contributed by atoms with Gasteiger partial charge in [-0.2, -0.15) is 0 Å². The van der Waals surface area contributed by atoms with Gasteiger partial charge in [-0.25, -0.2) is 0 Å². The molecular weight excluding hydrogens is 384 g/mol. The van der Waals surface area contributed by atoms with E-state index in [4.69, 9.17) is 18.9 Å². The quantitative estimate of drug-likeness (QED) is 0.586. The first kappa shape index (κ1) is 21.1. The van der Waals surface area contributed by atoms with Crippen molar-refractivity contribution < 1.29 is 29.2 Å². The Hall–Kier alpha value is -0.760. The van der Waals surface area contributed by atoms with Crippen LogP contribution >= 0.6 is 0 Å². The van der Waals surface area contributed by atoms with Crippen molar-refractivity contribution in [1.29, 1.82) is 0 Å². The van der Waals surface area contributed by atoms with Crippen LogP contribution in [0.1, 0.15) is 65.2 Å². The fourth-order valence-corrected chi connectivity index (χ4v) is 6.27. The van der Waals surface area contributed by atoms with Crippen LogP contribution in [0.4, 0.5) is 0 Å². The third-order valence-electron chi connectivity index (χ3n) is 8.71. The molecule has 2 saturated heterocycles. The molecule has 0 aromatic carbocycles. The number of rotatable bonds is 0. The maximum absolute atomic E-state index is 9.98. The Morgan fingerprint density at radius 1 is 0.667 bits per heavy atom. The lowest BCUT2D eigenvalue weighted by Crippen LogP contribution is -2.43. The van der Waals surface area contributed by atoms with Gasteiger partial charge in [-0.1, -0.05) is 37.1 Å². The largest absolute Gasteiger partial charge is 0.392 e. The Morgan fingerprint density at radius 3 is 1.40 bits per heavy atom. The van der Waals surface area contributed by atoms with Crippen LogP contribution in [0.15, 0.2) is 23.3 Å². The standard InChI is InChI=1S/2C12H18O3/c2*1-11-4-5-12(14-6-7-15-12)8-9(11)2-3-10(11)13/h2*2,10,13H,3-8H2,1H3/t10-,11+;10-,11-/m10/s1. The highest BCUT2D eigenvalue weighted by Crippen LogP contribution is 2.54. The molecule has 0 radical (unpaired) electrons. The topological polar surface area (TPSA) is 77.4 Å². The van der Waals surface area contributed by atoms with E-state index in [2.05, 4.69) is 26.0 Å². The zero-order chi connectivity index (χ0) is 21.0. The van der Waals surface area contributed by atoms with Crippen LogP contribution in [0.3, 0.4) is 0 Å². The molecule has 0 aromatic rings. The highest BCUT2D eigenvalue weighted by molar-refractivity contribution is 5.27. The van der Waals surface area contributed by atoms with Gasteiger partial charge >= 0.3 is 0 Å². The van der Waals surface area contributed by atoms with Crippen molar-refractivity contribution in [2.45, 2.75) is 89.0 Å². The molecule has 4 aliphatic carbocycles. The fourth-order valence-electron chi connectivity index (χ4n) is 6.27. The minimum atomic E-state index is -0.352. The summed E-state index contributed by atoms with van der Waals surface area (Å²) in [6.07, 6.45) is 11.0. The molecule has 2 heterocycles. The number of aliphatic hydroxyl groups excluding tert-OH is 2. The van der Waals surface area contributed by atoms with Crippen molar-refractivity contribution in [3.8, 4) is 0 Å². The van der Waals surface area contributed by atoms with Crippen molar-refractivity contribution >= 4 is 0 Å². The lowest BCUT2D eigenvalue weighted by Gasteiger charge is -2.43.